The summed E-state index contributed by atoms with van der Waals surface area (Å²) in [5.74, 6) is -1.73. The highest BCUT2D eigenvalue weighted by atomic mass is 32.2. The summed E-state index contributed by atoms with van der Waals surface area (Å²) in [5.41, 5.74) is -0.774. The van der Waals surface area contributed by atoms with Gasteiger partial charge in [0, 0.05) is 24.1 Å². The molecule has 1 fully saturated rings. The number of rotatable bonds is 3. The van der Waals surface area contributed by atoms with Gasteiger partial charge >= 0.3 is 5.97 Å². The van der Waals surface area contributed by atoms with Gasteiger partial charge in [-0.1, -0.05) is 6.92 Å². The zero-order chi connectivity index (χ0) is 14.9. The smallest absolute Gasteiger partial charge is 0.338 e. The maximum absolute atomic E-state index is 13.6. The third kappa shape index (κ3) is 2.84. The number of aromatic carboxylic acids is 1. The van der Waals surface area contributed by atoms with Crippen LogP contribution >= 0.6 is 11.8 Å². The first kappa shape index (κ1) is 14.6. The Morgan fingerprint density at radius 2 is 2.30 bits per heavy atom. The van der Waals surface area contributed by atoms with E-state index >= 15 is 0 Å². The van der Waals surface area contributed by atoms with Crippen LogP contribution in [0.1, 0.15) is 17.3 Å². The molecule has 20 heavy (non-hydrogen) atoms. The minimum absolute atomic E-state index is 0.168. The van der Waals surface area contributed by atoms with Crippen LogP contribution in [0.2, 0.25) is 0 Å². The van der Waals surface area contributed by atoms with E-state index < -0.39 is 28.0 Å². The number of hydrogen-bond acceptors (Lipinski definition) is 5. The van der Waals surface area contributed by atoms with E-state index in [2.05, 4.69) is 0 Å². The zero-order valence-electron chi connectivity index (χ0n) is 10.7. The van der Waals surface area contributed by atoms with Crippen LogP contribution in [-0.4, -0.2) is 40.1 Å². The van der Waals surface area contributed by atoms with Gasteiger partial charge in [-0.25, -0.2) is 9.18 Å². The van der Waals surface area contributed by atoms with Gasteiger partial charge in [-0.05, 0) is 6.07 Å². The topological polar surface area (TPSA) is 83.7 Å². The van der Waals surface area contributed by atoms with E-state index in [9.17, 15) is 19.3 Å². The van der Waals surface area contributed by atoms with E-state index in [-0.39, 0.29) is 10.9 Å². The number of nitro groups is 1. The third-order valence-electron chi connectivity index (χ3n) is 3.07. The molecule has 0 bridgehead atoms. The molecule has 0 spiro atoms. The highest BCUT2D eigenvalue weighted by Crippen LogP contribution is 2.33. The van der Waals surface area contributed by atoms with Crippen molar-refractivity contribution in [1.82, 2.24) is 0 Å². The first-order valence-corrected chi connectivity index (χ1v) is 7.02. The first-order chi connectivity index (χ1) is 9.40. The molecule has 6 nitrogen and oxygen atoms in total. The molecule has 0 aromatic heterocycles. The van der Waals surface area contributed by atoms with E-state index in [0.29, 0.717) is 19.2 Å². The molecule has 1 aromatic carbocycles. The molecule has 1 N–H and O–H groups in total. The van der Waals surface area contributed by atoms with Crippen LogP contribution in [0.3, 0.4) is 0 Å². The highest BCUT2D eigenvalue weighted by Gasteiger charge is 2.27. The van der Waals surface area contributed by atoms with Gasteiger partial charge in [-0.3, -0.25) is 10.1 Å². The van der Waals surface area contributed by atoms with Crippen molar-refractivity contribution in [3.8, 4) is 0 Å². The number of hydrogen-bond donors (Lipinski definition) is 1. The van der Waals surface area contributed by atoms with Gasteiger partial charge in [-0.15, -0.1) is 0 Å². The molecule has 2 rings (SSSR count). The number of benzene rings is 1. The lowest BCUT2D eigenvalue weighted by Gasteiger charge is -2.32. The summed E-state index contributed by atoms with van der Waals surface area (Å²) in [4.78, 5) is 23.1. The molecule has 1 saturated heterocycles. The highest BCUT2D eigenvalue weighted by molar-refractivity contribution is 8.00. The second-order valence-electron chi connectivity index (χ2n) is 4.51. The molecule has 0 aliphatic carbocycles. The Hall–Kier alpha value is -1.83. The van der Waals surface area contributed by atoms with Crippen molar-refractivity contribution in [2.24, 2.45) is 0 Å². The van der Waals surface area contributed by atoms with Crippen LogP contribution < -0.4 is 4.90 Å². The standard InChI is InChI=1S/C12H13FN2O4S/c1-7-6-14(2-3-20-7)10-4-8(12(16)17)9(13)5-11(10)15(18)19/h4-5,7H,2-3,6H2,1H3,(H,16,17). The molecule has 1 aliphatic heterocycles. The molecule has 1 aliphatic rings. The van der Waals surface area contributed by atoms with Gasteiger partial charge < -0.3 is 10.0 Å². The fraction of sp³-hybridized carbons (Fsp3) is 0.417. The van der Waals surface area contributed by atoms with Crippen molar-refractivity contribution in [3.05, 3.63) is 33.6 Å². The Balaban J connectivity index is 2.50. The molecule has 0 amide bonds. The van der Waals surface area contributed by atoms with Crippen LogP contribution in [0.15, 0.2) is 12.1 Å². The number of anilines is 1. The van der Waals surface area contributed by atoms with Gasteiger partial charge in [0.1, 0.15) is 11.5 Å². The van der Waals surface area contributed by atoms with E-state index in [1.165, 1.54) is 0 Å². The van der Waals surface area contributed by atoms with Gasteiger partial charge in [0.25, 0.3) is 5.69 Å². The SMILES string of the molecule is CC1CN(c2cc(C(=O)O)c(F)cc2[N+](=O)[O-])CCS1. The Bertz CT molecular complexity index is 567. The van der Waals surface area contributed by atoms with Crippen molar-refractivity contribution >= 4 is 29.1 Å². The van der Waals surface area contributed by atoms with Crippen molar-refractivity contribution in [3.63, 3.8) is 0 Å². The maximum atomic E-state index is 13.6. The molecule has 1 atom stereocenters. The number of carboxylic acids is 1. The molecule has 1 heterocycles. The Morgan fingerprint density at radius 1 is 1.60 bits per heavy atom. The van der Waals surface area contributed by atoms with Crippen LogP contribution in [-0.2, 0) is 0 Å². The summed E-state index contributed by atoms with van der Waals surface area (Å²) in [6.07, 6.45) is 0. The van der Waals surface area contributed by atoms with E-state index in [4.69, 9.17) is 5.11 Å². The molecule has 0 saturated carbocycles. The van der Waals surface area contributed by atoms with Crippen LogP contribution in [0.5, 0.6) is 0 Å². The fourth-order valence-corrected chi connectivity index (χ4v) is 3.17. The number of thioether (sulfide) groups is 1. The number of nitrogens with zero attached hydrogens (tertiary/aromatic N) is 2. The van der Waals surface area contributed by atoms with Gasteiger partial charge in [0.05, 0.1) is 16.6 Å². The lowest BCUT2D eigenvalue weighted by atomic mass is 10.1. The minimum atomic E-state index is -1.43. The van der Waals surface area contributed by atoms with Crippen LogP contribution in [0.4, 0.5) is 15.8 Å². The second-order valence-corrected chi connectivity index (χ2v) is 6.06. The Morgan fingerprint density at radius 3 is 2.85 bits per heavy atom. The molecule has 1 unspecified atom stereocenters. The van der Waals surface area contributed by atoms with Crippen molar-refractivity contribution < 1.29 is 19.2 Å². The molecule has 0 radical (unpaired) electrons. The zero-order valence-corrected chi connectivity index (χ0v) is 11.5. The molecule has 8 heteroatoms. The molecule has 108 valence electrons. The normalized spacial score (nSPS) is 18.9. The van der Waals surface area contributed by atoms with E-state index in [1.54, 1.807) is 16.7 Å². The Labute approximate surface area is 118 Å². The third-order valence-corrected chi connectivity index (χ3v) is 4.21. The number of nitro benzene ring substituents is 1. The average molecular weight is 300 g/mol. The predicted octanol–water partition coefficient (Wildman–Crippen LogP) is 2.37. The second kappa shape index (κ2) is 5.66. The van der Waals surface area contributed by atoms with Gasteiger partial charge in [0.15, 0.2) is 0 Å². The molecular weight excluding hydrogens is 287 g/mol. The van der Waals surface area contributed by atoms with Gasteiger partial charge in [0.2, 0.25) is 0 Å². The summed E-state index contributed by atoms with van der Waals surface area (Å²) in [6, 6.07) is 1.74. The summed E-state index contributed by atoms with van der Waals surface area (Å²) in [7, 11) is 0. The summed E-state index contributed by atoms with van der Waals surface area (Å²) in [6.45, 7) is 3.13. The molecular formula is C12H13FN2O4S. The quantitative estimate of drug-likeness (QED) is 0.681. The predicted molar refractivity (Wildman–Crippen MR) is 74.1 cm³/mol. The van der Waals surface area contributed by atoms with Crippen molar-refractivity contribution in [2.45, 2.75) is 12.2 Å². The fourth-order valence-electron chi connectivity index (χ4n) is 2.15. The lowest BCUT2D eigenvalue weighted by Crippen LogP contribution is -2.37. The van der Waals surface area contributed by atoms with E-state index in [1.807, 2.05) is 6.92 Å². The lowest BCUT2D eigenvalue weighted by molar-refractivity contribution is -0.384. The number of carbonyl (C=O) groups is 1. The van der Waals surface area contributed by atoms with Crippen molar-refractivity contribution in [1.29, 1.82) is 0 Å². The first-order valence-electron chi connectivity index (χ1n) is 5.98. The largest absolute Gasteiger partial charge is 0.478 e. The van der Waals surface area contributed by atoms with E-state index in [0.717, 1.165) is 11.8 Å². The minimum Gasteiger partial charge on any atom is -0.478 e. The average Bonchev–Trinajstić information content (AvgIpc) is 2.37. The monoisotopic (exact) mass is 300 g/mol. The maximum Gasteiger partial charge on any atom is 0.338 e. The summed E-state index contributed by atoms with van der Waals surface area (Å²) >= 11 is 1.74. The van der Waals surface area contributed by atoms with Crippen LogP contribution in [0, 0.1) is 15.9 Å². The van der Waals surface area contributed by atoms with Crippen molar-refractivity contribution in [2.75, 3.05) is 23.7 Å². The number of carboxylic acid groups (broad SMARTS) is 1. The summed E-state index contributed by atoms with van der Waals surface area (Å²) < 4.78 is 13.6. The number of halogens is 1. The Kier molecular flexibility index (Phi) is 4.12. The van der Waals surface area contributed by atoms with Crippen LogP contribution in [0.25, 0.3) is 0 Å². The summed E-state index contributed by atoms with van der Waals surface area (Å²) in [5, 5.41) is 20.3. The van der Waals surface area contributed by atoms with Gasteiger partial charge in [-0.2, -0.15) is 11.8 Å². The molecule has 1 aromatic rings.